The molecule has 2 amide bonds. The molecule has 0 aromatic heterocycles. The van der Waals surface area contributed by atoms with Gasteiger partial charge in [0.25, 0.3) is 5.69 Å². The van der Waals surface area contributed by atoms with Crippen LogP contribution in [0.25, 0.3) is 0 Å². The quantitative estimate of drug-likeness (QED) is 0.583. The normalized spacial score (nSPS) is 11.6. The van der Waals surface area contributed by atoms with E-state index in [0.717, 1.165) is 16.7 Å². The SMILES string of the molecule is Cc1ccc(C[C@H](NC(=O)Cc2cccc([N+](=O)[O-])c2)C(N)=O)cc1C. The van der Waals surface area contributed by atoms with Crippen molar-refractivity contribution in [3.63, 3.8) is 0 Å². The van der Waals surface area contributed by atoms with Crippen LogP contribution in [0.1, 0.15) is 22.3 Å². The molecule has 0 spiro atoms. The molecule has 7 heteroatoms. The molecule has 0 saturated carbocycles. The number of aryl methyl sites for hydroxylation is 2. The van der Waals surface area contributed by atoms with E-state index in [1.165, 1.54) is 18.2 Å². The van der Waals surface area contributed by atoms with Crippen LogP contribution in [0.2, 0.25) is 0 Å². The highest BCUT2D eigenvalue weighted by molar-refractivity contribution is 5.87. The number of nitrogens with two attached hydrogens (primary N) is 1. The lowest BCUT2D eigenvalue weighted by Gasteiger charge is -2.16. The summed E-state index contributed by atoms with van der Waals surface area (Å²) >= 11 is 0. The monoisotopic (exact) mass is 355 g/mol. The third kappa shape index (κ3) is 5.14. The molecule has 3 N–H and O–H groups in total. The highest BCUT2D eigenvalue weighted by Gasteiger charge is 2.19. The van der Waals surface area contributed by atoms with Crippen LogP contribution in [0, 0.1) is 24.0 Å². The molecule has 0 heterocycles. The predicted molar refractivity (Wildman–Crippen MR) is 97.5 cm³/mol. The van der Waals surface area contributed by atoms with E-state index in [4.69, 9.17) is 5.73 Å². The van der Waals surface area contributed by atoms with Gasteiger partial charge in [0, 0.05) is 18.6 Å². The maximum atomic E-state index is 12.2. The lowest BCUT2D eigenvalue weighted by atomic mass is 10.0. The summed E-state index contributed by atoms with van der Waals surface area (Å²) in [4.78, 5) is 34.2. The lowest BCUT2D eigenvalue weighted by Crippen LogP contribution is -2.46. The van der Waals surface area contributed by atoms with Gasteiger partial charge in [-0.25, -0.2) is 0 Å². The standard InChI is InChI=1S/C19H21N3O4/c1-12-6-7-15(8-13(12)2)10-17(19(20)24)21-18(23)11-14-4-3-5-16(9-14)22(25)26/h3-9,17H,10-11H2,1-2H3,(H2,20,24)(H,21,23)/t17-/m0/s1. The number of carbonyl (C=O) groups excluding carboxylic acids is 2. The van der Waals surface area contributed by atoms with Gasteiger partial charge < -0.3 is 11.1 Å². The summed E-state index contributed by atoms with van der Waals surface area (Å²) in [5.74, 6) is -1.05. The number of carbonyl (C=O) groups is 2. The number of amides is 2. The molecule has 0 bridgehead atoms. The highest BCUT2D eigenvalue weighted by Crippen LogP contribution is 2.14. The van der Waals surface area contributed by atoms with Crippen LogP contribution in [-0.4, -0.2) is 22.8 Å². The minimum atomic E-state index is -0.844. The van der Waals surface area contributed by atoms with Crippen LogP contribution in [-0.2, 0) is 22.4 Å². The first kappa shape index (κ1) is 19.1. The van der Waals surface area contributed by atoms with Crippen LogP contribution in [0.4, 0.5) is 5.69 Å². The molecule has 1 atom stereocenters. The zero-order valence-electron chi connectivity index (χ0n) is 14.7. The molecule has 0 radical (unpaired) electrons. The zero-order chi connectivity index (χ0) is 19.3. The van der Waals surface area contributed by atoms with Crippen LogP contribution < -0.4 is 11.1 Å². The number of nitrogens with one attached hydrogen (secondary N) is 1. The molecule has 0 saturated heterocycles. The summed E-state index contributed by atoms with van der Waals surface area (Å²) < 4.78 is 0. The number of benzene rings is 2. The third-order valence-electron chi connectivity index (χ3n) is 4.18. The van der Waals surface area contributed by atoms with Crippen molar-refractivity contribution in [2.45, 2.75) is 32.7 Å². The Bertz CT molecular complexity index is 848. The van der Waals surface area contributed by atoms with Crippen molar-refractivity contribution in [1.82, 2.24) is 5.32 Å². The maximum Gasteiger partial charge on any atom is 0.269 e. The van der Waals surface area contributed by atoms with E-state index in [1.54, 1.807) is 6.07 Å². The van der Waals surface area contributed by atoms with E-state index in [9.17, 15) is 19.7 Å². The largest absolute Gasteiger partial charge is 0.368 e. The van der Waals surface area contributed by atoms with Crippen molar-refractivity contribution in [3.8, 4) is 0 Å². The number of hydrogen-bond donors (Lipinski definition) is 2. The van der Waals surface area contributed by atoms with Crippen LogP contribution in [0.3, 0.4) is 0 Å². The minimum absolute atomic E-state index is 0.0710. The topological polar surface area (TPSA) is 115 Å². The summed E-state index contributed by atoms with van der Waals surface area (Å²) in [5, 5.41) is 13.4. The van der Waals surface area contributed by atoms with Gasteiger partial charge in [0.15, 0.2) is 0 Å². The molecular weight excluding hydrogens is 334 g/mol. The van der Waals surface area contributed by atoms with Crippen molar-refractivity contribution in [1.29, 1.82) is 0 Å². The molecule has 0 aliphatic heterocycles. The van der Waals surface area contributed by atoms with Crippen molar-refractivity contribution in [2.24, 2.45) is 5.73 Å². The minimum Gasteiger partial charge on any atom is -0.368 e. The van der Waals surface area contributed by atoms with E-state index >= 15 is 0 Å². The highest BCUT2D eigenvalue weighted by atomic mass is 16.6. The Balaban J connectivity index is 2.05. The molecule has 26 heavy (non-hydrogen) atoms. The Morgan fingerprint density at radius 3 is 2.46 bits per heavy atom. The second kappa shape index (κ2) is 8.24. The summed E-state index contributed by atoms with van der Waals surface area (Å²) in [7, 11) is 0. The van der Waals surface area contributed by atoms with E-state index < -0.39 is 22.8 Å². The van der Waals surface area contributed by atoms with E-state index in [1.807, 2.05) is 32.0 Å². The molecule has 0 unspecified atom stereocenters. The number of rotatable bonds is 7. The fourth-order valence-electron chi connectivity index (χ4n) is 2.60. The summed E-state index contributed by atoms with van der Waals surface area (Å²) in [5.41, 5.74) is 8.95. The molecule has 0 aliphatic carbocycles. The van der Waals surface area contributed by atoms with Gasteiger partial charge in [-0.15, -0.1) is 0 Å². The van der Waals surface area contributed by atoms with Gasteiger partial charge in [0.1, 0.15) is 6.04 Å². The summed E-state index contributed by atoms with van der Waals surface area (Å²) in [6.45, 7) is 3.96. The Hall–Kier alpha value is -3.22. The molecule has 2 aromatic rings. The van der Waals surface area contributed by atoms with Crippen molar-refractivity contribution >= 4 is 17.5 Å². The van der Waals surface area contributed by atoms with Crippen molar-refractivity contribution < 1.29 is 14.5 Å². The number of non-ortho nitro benzene ring substituents is 1. The first-order valence-electron chi connectivity index (χ1n) is 8.14. The molecular formula is C19H21N3O4. The molecule has 7 nitrogen and oxygen atoms in total. The predicted octanol–water partition coefficient (Wildman–Crippen LogP) is 1.97. The Morgan fingerprint density at radius 2 is 1.85 bits per heavy atom. The summed E-state index contributed by atoms with van der Waals surface area (Å²) in [6, 6.07) is 10.8. The Morgan fingerprint density at radius 1 is 1.12 bits per heavy atom. The van der Waals surface area contributed by atoms with Gasteiger partial charge in [-0.05, 0) is 36.1 Å². The zero-order valence-corrected chi connectivity index (χ0v) is 14.7. The van der Waals surface area contributed by atoms with Crippen molar-refractivity contribution in [2.75, 3.05) is 0 Å². The first-order chi connectivity index (χ1) is 12.3. The second-order valence-corrected chi connectivity index (χ2v) is 6.25. The maximum absolute atomic E-state index is 12.2. The first-order valence-corrected chi connectivity index (χ1v) is 8.14. The molecule has 0 aliphatic rings. The fourth-order valence-corrected chi connectivity index (χ4v) is 2.60. The van der Waals surface area contributed by atoms with Gasteiger partial charge in [0.05, 0.1) is 11.3 Å². The lowest BCUT2D eigenvalue weighted by molar-refractivity contribution is -0.384. The second-order valence-electron chi connectivity index (χ2n) is 6.25. The van der Waals surface area contributed by atoms with Gasteiger partial charge >= 0.3 is 0 Å². The van der Waals surface area contributed by atoms with Crippen LogP contribution in [0.15, 0.2) is 42.5 Å². The average Bonchev–Trinajstić information content (AvgIpc) is 2.57. The van der Waals surface area contributed by atoms with E-state index in [0.29, 0.717) is 5.56 Å². The van der Waals surface area contributed by atoms with Gasteiger partial charge in [-0.2, -0.15) is 0 Å². The smallest absolute Gasteiger partial charge is 0.269 e. The third-order valence-corrected chi connectivity index (χ3v) is 4.18. The van der Waals surface area contributed by atoms with Crippen molar-refractivity contribution in [3.05, 3.63) is 74.8 Å². The number of nitrogens with zero attached hydrogens (tertiary/aromatic N) is 1. The molecule has 136 valence electrons. The van der Waals surface area contributed by atoms with Gasteiger partial charge in [-0.1, -0.05) is 30.3 Å². The number of nitro benzene ring substituents is 1. The van der Waals surface area contributed by atoms with E-state index in [-0.39, 0.29) is 18.5 Å². The average molecular weight is 355 g/mol. The van der Waals surface area contributed by atoms with Crippen LogP contribution in [0.5, 0.6) is 0 Å². The fraction of sp³-hybridized carbons (Fsp3) is 0.263. The van der Waals surface area contributed by atoms with Crippen LogP contribution >= 0.6 is 0 Å². The molecule has 2 aromatic carbocycles. The summed E-state index contributed by atoms with van der Waals surface area (Å²) in [6.07, 6.45) is 0.218. The van der Waals surface area contributed by atoms with E-state index in [2.05, 4.69) is 5.32 Å². The Labute approximate surface area is 151 Å². The number of hydrogen-bond acceptors (Lipinski definition) is 4. The molecule has 2 rings (SSSR count). The van der Waals surface area contributed by atoms with Gasteiger partial charge in [-0.3, -0.25) is 19.7 Å². The Kier molecular flexibility index (Phi) is 6.06. The number of nitro groups is 1. The molecule has 0 fully saturated rings. The van der Waals surface area contributed by atoms with Gasteiger partial charge in [0.2, 0.25) is 11.8 Å². The number of primary amides is 1.